The maximum Gasteiger partial charge on any atom is 0.335 e. The predicted molar refractivity (Wildman–Crippen MR) is 197 cm³/mol. The fraction of sp³-hybridized carbons (Fsp3) is 0.116. The van der Waals surface area contributed by atoms with E-state index in [1.54, 1.807) is 12.1 Å². The normalized spacial score (nSPS) is 12.8. The van der Waals surface area contributed by atoms with E-state index in [4.69, 9.17) is 28.4 Å². The van der Waals surface area contributed by atoms with Crippen LogP contribution < -0.4 is 9.47 Å². The third kappa shape index (κ3) is 8.51. The molecule has 0 N–H and O–H groups in total. The lowest BCUT2D eigenvalue weighted by Gasteiger charge is -2.34. The van der Waals surface area contributed by atoms with Crippen LogP contribution in [0.4, 0.5) is 0 Å². The predicted octanol–water partition coefficient (Wildman–Crippen LogP) is 6.93. The summed E-state index contributed by atoms with van der Waals surface area (Å²) in [5.41, 5.74) is 5.49. The molecule has 1 atom stereocenters. The number of carbonyl (C=O) groups is 4. The highest BCUT2D eigenvalue weighted by Gasteiger charge is 2.45. The van der Waals surface area contributed by atoms with E-state index in [2.05, 4.69) is 50.6 Å². The molecule has 0 fully saturated rings. The Kier molecular flexibility index (Phi) is 12.2. The zero-order valence-corrected chi connectivity index (χ0v) is 28.7. The number of carbonyl (C=O) groups excluding carboxylic acids is 4. The maximum absolute atomic E-state index is 11.9. The van der Waals surface area contributed by atoms with Crippen molar-refractivity contribution < 1.29 is 47.6 Å². The molecule has 0 saturated heterocycles. The molecule has 268 valence electrons. The van der Waals surface area contributed by atoms with Gasteiger partial charge in [-0.1, -0.05) is 99.1 Å². The fourth-order valence-corrected chi connectivity index (χ4v) is 5.95. The van der Waals surface area contributed by atoms with E-state index in [1.165, 1.54) is 6.26 Å². The molecule has 53 heavy (non-hydrogen) atoms. The highest BCUT2D eigenvalue weighted by molar-refractivity contribution is 5.86. The topological polar surface area (TPSA) is 124 Å². The number of esters is 4. The van der Waals surface area contributed by atoms with Crippen LogP contribution in [0.2, 0.25) is 0 Å². The summed E-state index contributed by atoms with van der Waals surface area (Å²) in [5, 5.41) is 0. The largest absolute Gasteiger partial charge is 0.490 e. The standard InChI is InChI=1S/C43H36O10/c1-5-39(44)50-27-33(52-41(46)7-3)25-48-31-21-17-29(18-22-31)43(37-15-11-9-13-35(37)36-14-10-12-16-38(36)43)30-19-23-32(24-20-30)49-26-34(53-42(47)8-4)28-51-40(45)6-2/h5-25,34H,1-4,26-28H2/b33-25+. The first-order valence-corrected chi connectivity index (χ1v) is 16.4. The molecule has 0 amide bonds. The monoisotopic (exact) mass is 712 g/mol. The molecule has 0 radical (unpaired) electrons. The quantitative estimate of drug-likeness (QED) is 0.0434. The second kappa shape index (κ2) is 17.3. The minimum atomic E-state index is -0.883. The average molecular weight is 713 g/mol. The SMILES string of the molecule is C=CC(=O)OC/C(=C\Oc1ccc(C2(c3ccc(OCC(COC(=O)C=C)OC(=O)C=C)cc3)c3ccccc3-c3ccccc32)cc1)OC(=O)C=C. The molecule has 0 saturated carbocycles. The second-order valence-corrected chi connectivity index (χ2v) is 11.4. The number of benzene rings is 4. The number of rotatable bonds is 17. The third-order valence-corrected chi connectivity index (χ3v) is 8.24. The first-order chi connectivity index (χ1) is 25.7. The van der Waals surface area contributed by atoms with Crippen molar-refractivity contribution in [2.45, 2.75) is 11.5 Å². The van der Waals surface area contributed by atoms with Crippen LogP contribution in [0.3, 0.4) is 0 Å². The van der Waals surface area contributed by atoms with Crippen molar-refractivity contribution in [3.63, 3.8) is 0 Å². The van der Waals surface area contributed by atoms with E-state index in [1.807, 2.05) is 60.7 Å². The van der Waals surface area contributed by atoms with Gasteiger partial charge in [-0.3, -0.25) is 0 Å². The van der Waals surface area contributed by atoms with Crippen molar-refractivity contribution in [2.24, 2.45) is 0 Å². The van der Waals surface area contributed by atoms with E-state index in [-0.39, 0.29) is 25.6 Å². The van der Waals surface area contributed by atoms with Gasteiger partial charge in [-0.2, -0.15) is 0 Å². The summed E-state index contributed by atoms with van der Waals surface area (Å²) in [6.45, 7) is 12.9. The molecule has 1 unspecified atom stereocenters. The Hall–Kier alpha value is -6.94. The van der Waals surface area contributed by atoms with Crippen LogP contribution in [0.5, 0.6) is 11.5 Å². The molecule has 0 aliphatic heterocycles. The van der Waals surface area contributed by atoms with Crippen LogP contribution in [-0.2, 0) is 43.5 Å². The summed E-state index contributed by atoms with van der Waals surface area (Å²) >= 11 is 0. The van der Waals surface area contributed by atoms with E-state index in [9.17, 15) is 19.2 Å². The summed E-state index contributed by atoms with van der Waals surface area (Å²) < 4.78 is 32.4. The van der Waals surface area contributed by atoms with Crippen molar-refractivity contribution in [3.05, 3.63) is 182 Å². The van der Waals surface area contributed by atoms with E-state index in [0.29, 0.717) is 11.5 Å². The minimum absolute atomic E-state index is 0.0467. The molecule has 1 aliphatic rings. The third-order valence-electron chi connectivity index (χ3n) is 8.24. The molecule has 0 heterocycles. The van der Waals surface area contributed by atoms with Gasteiger partial charge in [0.05, 0.1) is 5.41 Å². The van der Waals surface area contributed by atoms with Gasteiger partial charge >= 0.3 is 23.9 Å². The Morgan fingerprint density at radius 3 is 1.64 bits per heavy atom. The van der Waals surface area contributed by atoms with Crippen molar-refractivity contribution in [1.82, 2.24) is 0 Å². The molecule has 10 nitrogen and oxygen atoms in total. The number of hydrogen-bond donors (Lipinski definition) is 0. The van der Waals surface area contributed by atoms with Crippen LogP contribution in [0, 0.1) is 0 Å². The zero-order valence-electron chi connectivity index (χ0n) is 28.7. The molecule has 0 spiro atoms. The van der Waals surface area contributed by atoms with E-state index in [0.717, 1.165) is 57.7 Å². The Labute approximate surface area is 306 Å². The Morgan fingerprint density at radius 2 is 1.09 bits per heavy atom. The molecular formula is C43H36O10. The molecule has 4 aromatic carbocycles. The van der Waals surface area contributed by atoms with Crippen molar-refractivity contribution in [3.8, 4) is 22.6 Å². The summed E-state index contributed by atoms with van der Waals surface area (Å²) in [6, 6.07) is 31.6. The summed E-state index contributed by atoms with van der Waals surface area (Å²) in [7, 11) is 0. The summed E-state index contributed by atoms with van der Waals surface area (Å²) in [6.07, 6.45) is 4.32. The van der Waals surface area contributed by atoms with Gasteiger partial charge in [-0.25, -0.2) is 19.2 Å². The fourth-order valence-electron chi connectivity index (χ4n) is 5.95. The second-order valence-electron chi connectivity index (χ2n) is 11.4. The van der Waals surface area contributed by atoms with Gasteiger partial charge in [0, 0.05) is 24.3 Å². The molecular weight excluding hydrogens is 676 g/mol. The van der Waals surface area contributed by atoms with Gasteiger partial charge in [0.2, 0.25) is 0 Å². The Bertz CT molecular complexity index is 2010. The van der Waals surface area contributed by atoms with Gasteiger partial charge in [-0.15, -0.1) is 0 Å². The first-order valence-electron chi connectivity index (χ1n) is 16.4. The molecule has 0 bridgehead atoms. The summed E-state index contributed by atoms with van der Waals surface area (Å²) in [5.74, 6) is -1.89. The highest BCUT2D eigenvalue weighted by atomic mass is 16.6. The number of fused-ring (bicyclic) bond motifs is 3. The van der Waals surface area contributed by atoms with Crippen LogP contribution >= 0.6 is 0 Å². The molecule has 1 aliphatic carbocycles. The molecule has 10 heteroatoms. The van der Waals surface area contributed by atoms with Crippen LogP contribution in [0.25, 0.3) is 11.1 Å². The Balaban J connectivity index is 1.48. The van der Waals surface area contributed by atoms with Crippen molar-refractivity contribution in [1.29, 1.82) is 0 Å². The van der Waals surface area contributed by atoms with Crippen LogP contribution in [0.15, 0.2) is 160 Å². The van der Waals surface area contributed by atoms with Gasteiger partial charge in [-0.05, 0) is 57.6 Å². The van der Waals surface area contributed by atoms with Gasteiger partial charge in [0.25, 0.3) is 0 Å². The number of hydrogen-bond acceptors (Lipinski definition) is 10. The van der Waals surface area contributed by atoms with Crippen molar-refractivity contribution in [2.75, 3.05) is 19.8 Å². The van der Waals surface area contributed by atoms with Crippen molar-refractivity contribution >= 4 is 23.9 Å². The lowest BCUT2D eigenvalue weighted by atomic mass is 9.68. The Morgan fingerprint density at radius 1 is 0.585 bits per heavy atom. The van der Waals surface area contributed by atoms with E-state index < -0.39 is 35.4 Å². The minimum Gasteiger partial charge on any atom is -0.490 e. The molecule has 5 rings (SSSR count). The van der Waals surface area contributed by atoms with E-state index >= 15 is 0 Å². The van der Waals surface area contributed by atoms with Gasteiger partial charge < -0.3 is 28.4 Å². The first kappa shape index (κ1) is 37.3. The zero-order chi connectivity index (χ0) is 37.8. The van der Waals surface area contributed by atoms with Gasteiger partial charge in [0.1, 0.15) is 31.0 Å². The van der Waals surface area contributed by atoms with Crippen LogP contribution in [-0.4, -0.2) is 49.8 Å². The summed E-state index contributed by atoms with van der Waals surface area (Å²) in [4.78, 5) is 47.0. The lowest BCUT2D eigenvalue weighted by Crippen LogP contribution is -2.30. The molecule has 4 aromatic rings. The van der Waals surface area contributed by atoms with Gasteiger partial charge in [0.15, 0.2) is 18.5 Å². The average Bonchev–Trinajstić information content (AvgIpc) is 3.50. The molecule has 0 aromatic heterocycles. The maximum atomic E-state index is 11.9. The highest BCUT2D eigenvalue weighted by Crippen LogP contribution is 2.56. The number of ether oxygens (including phenoxy) is 6. The lowest BCUT2D eigenvalue weighted by molar-refractivity contribution is -0.154. The smallest absolute Gasteiger partial charge is 0.335 e. The van der Waals surface area contributed by atoms with Crippen LogP contribution in [0.1, 0.15) is 22.3 Å².